The predicted octanol–water partition coefficient (Wildman–Crippen LogP) is 2.91. The third-order valence-electron chi connectivity index (χ3n) is 4.81. The monoisotopic (exact) mass is 364 g/mol. The van der Waals surface area contributed by atoms with Crippen LogP contribution in [0.2, 0.25) is 0 Å². The van der Waals surface area contributed by atoms with E-state index in [1.165, 1.54) is 12.1 Å². The Hall–Kier alpha value is -1.95. The summed E-state index contributed by atoms with van der Waals surface area (Å²) < 4.78 is 18.5. The fraction of sp³-hybridized carbons (Fsp3) is 0.600. The molecule has 1 fully saturated rings. The molecule has 2 atom stereocenters. The van der Waals surface area contributed by atoms with E-state index in [9.17, 15) is 14.0 Å². The average molecular weight is 364 g/mol. The van der Waals surface area contributed by atoms with Crippen LogP contribution in [0.1, 0.15) is 44.7 Å². The number of nitrogens with zero attached hydrogens (tertiary/aromatic N) is 1. The quantitative estimate of drug-likeness (QED) is 0.772. The van der Waals surface area contributed by atoms with Crippen molar-refractivity contribution in [1.29, 1.82) is 0 Å². The number of hydrogen-bond donors (Lipinski definition) is 1. The van der Waals surface area contributed by atoms with Gasteiger partial charge in [-0.2, -0.15) is 0 Å². The molecule has 0 radical (unpaired) electrons. The van der Waals surface area contributed by atoms with Gasteiger partial charge in [0.25, 0.3) is 0 Å². The van der Waals surface area contributed by atoms with Gasteiger partial charge in [0.15, 0.2) is 0 Å². The van der Waals surface area contributed by atoms with E-state index in [0.717, 1.165) is 12.0 Å². The number of carbonyl (C=O) groups excluding carboxylic acids is 2. The highest BCUT2D eigenvalue weighted by Gasteiger charge is 2.40. The van der Waals surface area contributed by atoms with Gasteiger partial charge < -0.3 is 15.0 Å². The van der Waals surface area contributed by atoms with Crippen molar-refractivity contribution in [3.05, 3.63) is 35.6 Å². The number of halogens is 1. The number of nitrogens with one attached hydrogen (secondary N) is 1. The van der Waals surface area contributed by atoms with E-state index in [1.807, 2.05) is 0 Å². The Labute approximate surface area is 154 Å². The van der Waals surface area contributed by atoms with Crippen LogP contribution < -0.4 is 5.32 Å². The average Bonchev–Trinajstić information content (AvgIpc) is 2.60. The molecule has 1 aromatic rings. The first kappa shape index (κ1) is 20.4. The van der Waals surface area contributed by atoms with Crippen molar-refractivity contribution in [2.24, 2.45) is 11.8 Å². The van der Waals surface area contributed by atoms with E-state index in [1.54, 1.807) is 24.1 Å². The van der Waals surface area contributed by atoms with Crippen LogP contribution in [-0.4, -0.2) is 43.5 Å². The molecule has 26 heavy (non-hydrogen) atoms. The maximum atomic E-state index is 13.3. The molecule has 1 aliphatic heterocycles. The summed E-state index contributed by atoms with van der Waals surface area (Å²) in [5.41, 5.74) is 0.777. The number of piperidine rings is 1. The summed E-state index contributed by atoms with van der Waals surface area (Å²) in [4.78, 5) is 27.0. The van der Waals surface area contributed by atoms with Gasteiger partial charge in [0, 0.05) is 26.6 Å². The molecule has 2 amide bonds. The van der Waals surface area contributed by atoms with E-state index in [4.69, 9.17) is 4.74 Å². The van der Waals surface area contributed by atoms with Crippen molar-refractivity contribution >= 4 is 11.8 Å². The van der Waals surface area contributed by atoms with Crippen molar-refractivity contribution in [2.45, 2.75) is 39.2 Å². The van der Waals surface area contributed by atoms with Crippen molar-refractivity contribution in [2.75, 3.05) is 26.8 Å². The number of hydrogen-bond acceptors (Lipinski definition) is 3. The highest BCUT2D eigenvalue weighted by Crippen LogP contribution is 2.36. The van der Waals surface area contributed by atoms with E-state index in [0.29, 0.717) is 38.5 Å². The molecule has 0 bridgehead atoms. The van der Waals surface area contributed by atoms with Gasteiger partial charge in [-0.05, 0) is 36.5 Å². The molecule has 1 aliphatic rings. The molecule has 0 saturated carbocycles. The Balaban J connectivity index is 2.23. The van der Waals surface area contributed by atoms with Crippen LogP contribution in [0, 0.1) is 17.7 Å². The zero-order valence-electron chi connectivity index (χ0n) is 15.8. The largest absolute Gasteiger partial charge is 0.383 e. The van der Waals surface area contributed by atoms with Crippen LogP contribution in [0.15, 0.2) is 24.3 Å². The molecule has 6 heteroatoms. The first-order valence-electron chi connectivity index (χ1n) is 9.25. The molecular weight excluding hydrogens is 335 g/mol. The molecular formula is C20H29FN2O3. The molecule has 0 unspecified atom stereocenters. The lowest BCUT2D eigenvalue weighted by atomic mass is 9.83. The first-order chi connectivity index (χ1) is 12.4. The summed E-state index contributed by atoms with van der Waals surface area (Å²) in [5, 5.41) is 3.00. The van der Waals surface area contributed by atoms with E-state index >= 15 is 0 Å². The molecule has 1 N–H and O–H groups in total. The molecule has 5 nitrogen and oxygen atoms in total. The van der Waals surface area contributed by atoms with Gasteiger partial charge in [0.1, 0.15) is 5.82 Å². The van der Waals surface area contributed by atoms with Crippen LogP contribution in [0.3, 0.4) is 0 Å². The summed E-state index contributed by atoms with van der Waals surface area (Å²) in [6, 6.07) is 5.67. The first-order valence-corrected chi connectivity index (χ1v) is 9.25. The zero-order chi connectivity index (χ0) is 19.1. The topological polar surface area (TPSA) is 58.6 Å². The van der Waals surface area contributed by atoms with Crippen molar-refractivity contribution in [3.63, 3.8) is 0 Å². The molecule has 0 spiro atoms. The van der Waals surface area contributed by atoms with Crippen molar-refractivity contribution in [3.8, 4) is 0 Å². The minimum atomic E-state index is -0.397. The molecule has 1 heterocycles. The summed E-state index contributed by atoms with van der Waals surface area (Å²) in [6.45, 7) is 5.64. The predicted molar refractivity (Wildman–Crippen MR) is 97.9 cm³/mol. The van der Waals surface area contributed by atoms with Crippen molar-refractivity contribution < 1.29 is 18.7 Å². The highest BCUT2D eigenvalue weighted by atomic mass is 19.1. The second-order valence-electron chi connectivity index (χ2n) is 7.20. The second-order valence-corrected chi connectivity index (χ2v) is 7.20. The lowest BCUT2D eigenvalue weighted by molar-refractivity contribution is -0.144. The Kier molecular flexibility index (Phi) is 7.57. The summed E-state index contributed by atoms with van der Waals surface area (Å²) >= 11 is 0. The third kappa shape index (κ3) is 5.27. The Bertz CT molecular complexity index is 604. The van der Waals surface area contributed by atoms with Gasteiger partial charge in [-0.3, -0.25) is 9.59 Å². The number of carbonyl (C=O) groups is 2. The molecule has 1 saturated heterocycles. The van der Waals surface area contributed by atoms with Gasteiger partial charge in [0.2, 0.25) is 11.8 Å². The minimum Gasteiger partial charge on any atom is -0.383 e. The lowest BCUT2D eigenvalue weighted by Gasteiger charge is -2.40. The number of benzene rings is 1. The van der Waals surface area contributed by atoms with Crippen LogP contribution in [0.25, 0.3) is 0 Å². The fourth-order valence-corrected chi connectivity index (χ4v) is 3.37. The molecule has 1 aromatic carbocycles. The standard InChI is InChI=1S/C20H29FN2O3/c1-14(2)10-11-22-20(25)17-8-9-18(24)23(12-13-26-3)19(17)15-4-6-16(21)7-5-15/h4-7,14,17,19H,8-13H2,1-3H3,(H,22,25)/t17-,19+/m1/s1. The highest BCUT2D eigenvalue weighted by molar-refractivity contribution is 5.85. The molecule has 0 aliphatic carbocycles. The zero-order valence-corrected chi connectivity index (χ0v) is 15.8. The number of rotatable bonds is 8. The van der Waals surface area contributed by atoms with Crippen LogP contribution in [0.5, 0.6) is 0 Å². The van der Waals surface area contributed by atoms with E-state index in [-0.39, 0.29) is 23.5 Å². The Morgan fingerprint density at radius 1 is 1.35 bits per heavy atom. The smallest absolute Gasteiger partial charge is 0.225 e. The third-order valence-corrected chi connectivity index (χ3v) is 4.81. The molecule has 2 rings (SSSR count). The Morgan fingerprint density at radius 2 is 2.04 bits per heavy atom. The second kappa shape index (κ2) is 9.67. The number of likely N-dealkylation sites (tertiary alicyclic amines) is 1. The SMILES string of the molecule is COCCN1C(=O)CC[C@@H](C(=O)NCCC(C)C)[C@@H]1c1ccc(F)cc1. The van der Waals surface area contributed by atoms with Gasteiger partial charge in [-0.1, -0.05) is 26.0 Å². The normalized spacial score (nSPS) is 20.5. The lowest BCUT2D eigenvalue weighted by Crippen LogP contribution is -2.49. The van der Waals surface area contributed by atoms with Crippen molar-refractivity contribution in [1.82, 2.24) is 10.2 Å². The van der Waals surface area contributed by atoms with Crippen LogP contribution in [0.4, 0.5) is 4.39 Å². The minimum absolute atomic E-state index is 0.00241. The fourth-order valence-electron chi connectivity index (χ4n) is 3.37. The van der Waals surface area contributed by atoms with Crippen LogP contribution >= 0.6 is 0 Å². The van der Waals surface area contributed by atoms with Gasteiger partial charge in [-0.25, -0.2) is 4.39 Å². The number of amides is 2. The van der Waals surface area contributed by atoms with Gasteiger partial charge in [-0.15, -0.1) is 0 Å². The maximum absolute atomic E-state index is 13.3. The van der Waals surface area contributed by atoms with E-state index in [2.05, 4.69) is 19.2 Å². The number of methoxy groups -OCH3 is 1. The van der Waals surface area contributed by atoms with Gasteiger partial charge >= 0.3 is 0 Å². The summed E-state index contributed by atoms with van der Waals surface area (Å²) in [7, 11) is 1.58. The summed E-state index contributed by atoms with van der Waals surface area (Å²) in [6.07, 6.45) is 1.74. The molecule has 0 aromatic heterocycles. The van der Waals surface area contributed by atoms with Gasteiger partial charge in [0.05, 0.1) is 18.6 Å². The maximum Gasteiger partial charge on any atom is 0.225 e. The molecule has 144 valence electrons. The van der Waals surface area contributed by atoms with Crippen LogP contribution in [-0.2, 0) is 14.3 Å². The Morgan fingerprint density at radius 3 is 2.65 bits per heavy atom. The van der Waals surface area contributed by atoms with E-state index < -0.39 is 6.04 Å². The summed E-state index contributed by atoms with van der Waals surface area (Å²) in [5.74, 6) is -0.216. The number of ether oxygens (including phenoxy) is 1.